The van der Waals surface area contributed by atoms with Gasteiger partial charge in [-0.3, -0.25) is 9.59 Å². The van der Waals surface area contributed by atoms with Crippen molar-refractivity contribution in [1.82, 2.24) is 10.6 Å². The Labute approximate surface area is 114 Å². The number of benzene rings is 1. The summed E-state index contributed by atoms with van der Waals surface area (Å²) in [5.74, 6) is 0.203. The Morgan fingerprint density at radius 3 is 2.95 bits per heavy atom. The van der Waals surface area contributed by atoms with E-state index >= 15 is 0 Å². The number of hydrogen-bond donors (Lipinski definition) is 3. The molecule has 3 atom stereocenters. The summed E-state index contributed by atoms with van der Waals surface area (Å²) in [6, 6.07) is 6.80. The Morgan fingerprint density at radius 2 is 2.21 bits per heavy atom. The van der Waals surface area contributed by atoms with Crippen molar-refractivity contribution in [2.45, 2.75) is 24.6 Å². The molecule has 1 aromatic carbocycles. The van der Waals surface area contributed by atoms with Gasteiger partial charge in [-0.25, -0.2) is 0 Å². The average molecular weight is 278 g/mol. The Hall–Kier alpha value is -1.53. The summed E-state index contributed by atoms with van der Waals surface area (Å²) >= 11 is 1.10. The molecule has 3 unspecified atom stereocenters. The molecule has 0 aromatic heterocycles. The van der Waals surface area contributed by atoms with Crippen LogP contribution in [0.15, 0.2) is 24.3 Å². The predicted molar refractivity (Wildman–Crippen MR) is 71.8 cm³/mol. The van der Waals surface area contributed by atoms with Crippen molar-refractivity contribution < 1.29 is 14.7 Å². The minimum Gasteiger partial charge on any atom is -0.390 e. The quantitative estimate of drug-likeness (QED) is 0.739. The fourth-order valence-electron chi connectivity index (χ4n) is 2.53. The van der Waals surface area contributed by atoms with E-state index in [9.17, 15) is 14.7 Å². The number of fused-ring (bicyclic) bond motifs is 1. The zero-order valence-corrected chi connectivity index (χ0v) is 10.9. The van der Waals surface area contributed by atoms with Gasteiger partial charge >= 0.3 is 0 Å². The molecule has 1 saturated heterocycles. The number of carbonyl (C=O) groups excluding carboxylic acids is 2. The van der Waals surface area contributed by atoms with Gasteiger partial charge < -0.3 is 15.7 Å². The molecule has 2 amide bonds. The van der Waals surface area contributed by atoms with Crippen molar-refractivity contribution in [1.29, 1.82) is 0 Å². The van der Waals surface area contributed by atoms with E-state index in [0.29, 0.717) is 12.2 Å². The number of carbonyl (C=O) groups is 2. The molecule has 0 bridgehead atoms. The first-order valence-electron chi connectivity index (χ1n) is 6.14. The minimum absolute atomic E-state index is 0.174. The number of aliphatic hydroxyl groups is 1. The highest BCUT2D eigenvalue weighted by Crippen LogP contribution is 2.31. The molecule has 1 fully saturated rings. The van der Waals surface area contributed by atoms with E-state index in [4.69, 9.17) is 0 Å². The van der Waals surface area contributed by atoms with E-state index in [1.165, 1.54) is 0 Å². The van der Waals surface area contributed by atoms with Gasteiger partial charge in [0, 0.05) is 12.2 Å². The molecule has 6 heteroatoms. The molecular formula is C13H14N2O3S. The van der Waals surface area contributed by atoms with Crippen LogP contribution in [-0.4, -0.2) is 34.2 Å². The number of thioether (sulfide) groups is 1. The van der Waals surface area contributed by atoms with E-state index in [2.05, 4.69) is 10.6 Å². The molecule has 0 saturated carbocycles. The molecule has 3 rings (SSSR count). The molecule has 1 heterocycles. The fourth-order valence-corrected chi connectivity index (χ4v) is 3.31. The molecule has 1 aliphatic carbocycles. The van der Waals surface area contributed by atoms with Crippen molar-refractivity contribution >= 4 is 22.9 Å². The van der Waals surface area contributed by atoms with Gasteiger partial charge in [-0.2, -0.15) is 0 Å². The summed E-state index contributed by atoms with van der Waals surface area (Å²) in [4.78, 5) is 23.1. The first kappa shape index (κ1) is 12.5. The molecule has 1 aliphatic heterocycles. The zero-order chi connectivity index (χ0) is 13.4. The number of amides is 2. The SMILES string of the molecule is O=C1NC(C(=O)NC2c3ccccc3CC2O)CS1. The highest BCUT2D eigenvalue weighted by atomic mass is 32.2. The molecule has 0 radical (unpaired) electrons. The lowest BCUT2D eigenvalue weighted by Crippen LogP contribution is -2.45. The van der Waals surface area contributed by atoms with E-state index in [1.54, 1.807) is 0 Å². The Bertz CT molecular complexity index is 534. The van der Waals surface area contributed by atoms with Gasteiger partial charge in [0.1, 0.15) is 6.04 Å². The second-order valence-corrected chi connectivity index (χ2v) is 5.74. The predicted octanol–water partition coefficient (Wildman–Crippen LogP) is 0.586. The van der Waals surface area contributed by atoms with Gasteiger partial charge in [-0.1, -0.05) is 36.0 Å². The van der Waals surface area contributed by atoms with Crippen LogP contribution in [0.2, 0.25) is 0 Å². The molecule has 3 N–H and O–H groups in total. The van der Waals surface area contributed by atoms with Crippen molar-refractivity contribution in [2.24, 2.45) is 0 Å². The summed E-state index contributed by atoms with van der Waals surface area (Å²) in [7, 11) is 0. The molecular weight excluding hydrogens is 264 g/mol. The monoisotopic (exact) mass is 278 g/mol. The van der Waals surface area contributed by atoms with Crippen LogP contribution in [0, 0.1) is 0 Å². The Morgan fingerprint density at radius 1 is 1.42 bits per heavy atom. The lowest BCUT2D eigenvalue weighted by Gasteiger charge is -2.20. The lowest BCUT2D eigenvalue weighted by molar-refractivity contribution is -0.123. The standard InChI is InChI=1S/C13H14N2O3S/c16-10-5-7-3-1-2-4-8(7)11(10)15-12(17)9-6-19-13(18)14-9/h1-4,9-11,16H,5-6H2,(H,14,18)(H,15,17). The minimum atomic E-state index is -0.605. The first-order valence-corrected chi connectivity index (χ1v) is 7.13. The molecule has 100 valence electrons. The maximum Gasteiger partial charge on any atom is 0.279 e. The normalized spacial score (nSPS) is 28.9. The van der Waals surface area contributed by atoms with Crippen LogP contribution in [0.4, 0.5) is 4.79 Å². The van der Waals surface area contributed by atoms with Gasteiger partial charge in [0.05, 0.1) is 12.1 Å². The van der Waals surface area contributed by atoms with E-state index in [-0.39, 0.29) is 17.2 Å². The summed E-state index contributed by atoms with van der Waals surface area (Å²) in [5, 5.41) is 15.3. The fraction of sp³-hybridized carbons (Fsp3) is 0.385. The van der Waals surface area contributed by atoms with E-state index < -0.39 is 12.1 Å². The summed E-state index contributed by atoms with van der Waals surface area (Å²) in [6.07, 6.45) is -0.0569. The molecule has 19 heavy (non-hydrogen) atoms. The Balaban J connectivity index is 1.73. The number of nitrogens with one attached hydrogen (secondary N) is 2. The maximum absolute atomic E-state index is 12.1. The molecule has 5 nitrogen and oxygen atoms in total. The third-order valence-corrected chi connectivity index (χ3v) is 4.37. The summed E-state index contributed by atoms with van der Waals surface area (Å²) in [6.45, 7) is 0. The number of hydrogen-bond acceptors (Lipinski definition) is 4. The van der Waals surface area contributed by atoms with Crippen molar-refractivity contribution in [3.8, 4) is 0 Å². The van der Waals surface area contributed by atoms with Crippen LogP contribution in [0.25, 0.3) is 0 Å². The van der Waals surface area contributed by atoms with Crippen LogP contribution < -0.4 is 10.6 Å². The highest BCUT2D eigenvalue weighted by molar-refractivity contribution is 8.14. The zero-order valence-electron chi connectivity index (χ0n) is 10.1. The van der Waals surface area contributed by atoms with Gasteiger partial charge in [0.25, 0.3) is 5.24 Å². The van der Waals surface area contributed by atoms with E-state index in [1.807, 2.05) is 24.3 Å². The molecule has 1 aromatic rings. The largest absolute Gasteiger partial charge is 0.390 e. The second-order valence-electron chi connectivity index (χ2n) is 4.75. The summed E-state index contributed by atoms with van der Waals surface area (Å²) < 4.78 is 0. The van der Waals surface area contributed by atoms with Gasteiger partial charge in [-0.05, 0) is 11.1 Å². The van der Waals surface area contributed by atoms with Crippen LogP contribution >= 0.6 is 11.8 Å². The molecule has 0 spiro atoms. The first-order chi connectivity index (χ1) is 9.15. The average Bonchev–Trinajstić information content (AvgIpc) is 2.95. The second kappa shape index (κ2) is 4.86. The third kappa shape index (κ3) is 2.33. The van der Waals surface area contributed by atoms with Crippen molar-refractivity contribution in [3.05, 3.63) is 35.4 Å². The van der Waals surface area contributed by atoms with E-state index in [0.717, 1.165) is 22.9 Å². The number of aliphatic hydroxyl groups excluding tert-OH is 1. The summed E-state index contributed by atoms with van der Waals surface area (Å²) in [5.41, 5.74) is 2.02. The maximum atomic E-state index is 12.1. The van der Waals surface area contributed by atoms with Crippen LogP contribution in [0.1, 0.15) is 17.2 Å². The lowest BCUT2D eigenvalue weighted by atomic mass is 10.1. The van der Waals surface area contributed by atoms with Crippen LogP contribution in [-0.2, 0) is 11.2 Å². The van der Waals surface area contributed by atoms with Gasteiger partial charge in [0.2, 0.25) is 5.91 Å². The number of rotatable bonds is 2. The topological polar surface area (TPSA) is 78.4 Å². The molecule has 2 aliphatic rings. The third-order valence-electron chi connectivity index (χ3n) is 3.49. The Kier molecular flexibility index (Phi) is 3.20. The highest BCUT2D eigenvalue weighted by Gasteiger charge is 2.35. The van der Waals surface area contributed by atoms with Crippen molar-refractivity contribution in [3.63, 3.8) is 0 Å². The van der Waals surface area contributed by atoms with Gasteiger partial charge in [-0.15, -0.1) is 0 Å². The van der Waals surface area contributed by atoms with Crippen molar-refractivity contribution in [2.75, 3.05) is 5.75 Å². The van der Waals surface area contributed by atoms with Gasteiger partial charge in [0.15, 0.2) is 0 Å². The van der Waals surface area contributed by atoms with Crippen LogP contribution in [0.5, 0.6) is 0 Å². The smallest absolute Gasteiger partial charge is 0.279 e. The van der Waals surface area contributed by atoms with Crippen LogP contribution in [0.3, 0.4) is 0 Å².